The van der Waals surface area contributed by atoms with E-state index in [0.717, 1.165) is 43.1 Å². The first-order chi connectivity index (χ1) is 7.81. The zero-order chi connectivity index (χ0) is 11.4. The van der Waals surface area contributed by atoms with Crippen LogP contribution in [0.25, 0.3) is 0 Å². The first-order valence-corrected chi connectivity index (χ1v) is 8.09. The van der Waals surface area contributed by atoms with Gasteiger partial charge < -0.3 is 5.32 Å². The quantitative estimate of drug-likeness (QED) is 0.727. The predicted molar refractivity (Wildman–Crippen MR) is 69.1 cm³/mol. The van der Waals surface area contributed by atoms with Gasteiger partial charge in [-0.15, -0.1) is 0 Å². The van der Waals surface area contributed by atoms with Gasteiger partial charge in [0.1, 0.15) is 0 Å². The normalized spacial score (nSPS) is 32.6. The Bertz CT molecular complexity index is 237. The highest BCUT2D eigenvalue weighted by atomic mass is 32.2. The minimum atomic E-state index is -0.531. The van der Waals surface area contributed by atoms with E-state index in [2.05, 4.69) is 17.1 Å². The summed E-state index contributed by atoms with van der Waals surface area (Å²) in [5.41, 5.74) is 0. The highest BCUT2D eigenvalue weighted by Gasteiger charge is 2.36. The van der Waals surface area contributed by atoms with Crippen molar-refractivity contribution in [2.24, 2.45) is 5.92 Å². The monoisotopic (exact) mass is 244 g/mol. The highest BCUT2D eigenvalue weighted by Crippen LogP contribution is 2.32. The van der Waals surface area contributed by atoms with Gasteiger partial charge in [0, 0.05) is 41.4 Å². The average Bonchev–Trinajstić information content (AvgIpc) is 2.26. The van der Waals surface area contributed by atoms with Crippen molar-refractivity contribution < 1.29 is 4.21 Å². The van der Waals surface area contributed by atoms with Gasteiger partial charge in [-0.05, 0) is 38.3 Å². The largest absolute Gasteiger partial charge is 0.316 e. The third-order valence-electron chi connectivity index (χ3n) is 3.89. The van der Waals surface area contributed by atoms with E-state index < -0.39 is 10.8 Å². The second-order valence-electron chi connectivity index (χ2n) is 4.99. The van der Waals surface area contributed by atoms with Crippen molar-refractivity contribution in [3.63, 3.8) is 0 Å². The van der Waals surface area contributed by atoms with Crippen LogP contribution in [-0.4, -0.2) is 52.8 Å². The van der Waals surface area contributed by atoms with E-state index in [-0.39, 0.29) is 0 Å². The van der Waals surface area contributed by atoms with Crippen LogP contribution in [0.2, 0.25) is 0 Å². The lowest BCUT2D eigenvalue weighted by Crippen LogP contribution is -2.54. The third-order valence-corrected chi connectivity index (χ3v) is 5.17. The van der Waals surface area contributed by atoms with Gasteiger partial charge in [0.2, 0.25) is 0 Å². The van der Waals surface area contributed by atoms with E-state index in [4.69, 9.17) is 0 Å². The summed E-state index contributed by atoms with van der Waals surface area (Å²) in [6.45, 7) is 6.65. The molecule has 0 bridgehead atoms. The van der Waals surface area contributed by atoms with Crippen molar-refractivity contribution >= 4 is 10.8 Å². The topological polar surface area (TPSA) is 32.3 Å². The molecule has 1 saturated heterocycles. The van der Waals surface area contributed by atoms with Crippen molar-refractivity contribution in [2.45, 2.75) is 32.2 Å². The molecule has 1 saturated carbocycles. The van der Waals surface area contributed by atoms with Gasteiger partial charge in [0.05, 0.1) is 0 Å². The molecular weight excluding hydrogens is 220 g/mol. The lowest BCUT2D eigenvalue weighted by molar-refractivity contribution is 0.0697. The minimum Gasteiger partial charge on any atom is -0.316 e. The fraction of sp³-hybridized carbons (Fsp3) is 1.00. The van der Waals surface area contributed by atoms with Crippen LogP contribution in [0.5, 0.6) is 0 Å². The van der Waals surface area contributed by atoms with Gasteiger partial charge in [-0.1, -0.05) is 6.92 Å². The number of nitrogens with one attached hydrogen (secondary N) is 1. The summed E-state index contributed by atoms with van der Waals surface area (Å²) in [5.74, 6) is 2.63. The van der Waals surface area contributed by atoms with E-state index in [1.165, 1.54) is 25.8 Å². The Morgan fingerprint density at radius 2 is 2.06 bits per heavy atom. The Hall–Kier alpha value is 0.0700. The Kier molecular flexibility index (Phi) is 4.79. The van der Waals surface area contributed by atoms with E-state index in [0.29, 0.717) is 0 Å². The molecule has 4 heteroatoms. The van der Waals surface area contributed by atoms with Crippen molar-refractivity contribution in [1.82, 2.24) is 10.2 Å². The van der Waals surface area contributed by atoms with E-state index in [1.54, 1.807) is 0 Å². The maximum absolute atomic E-state index is 11.3. The van der Waals surface area contributed by atoms with E-state index in [1.807, 2.05) is 0 Å². The lowest BCUT2D eigenvalue weighted by atomic mass is 9.78. The molecule has 0 amide bonds. The van der Waals surface area contributed by atoms with Crippen LogP contribution in [0.15, 0.2) is 0 Å². The molecule has 1 N–H and O–H groups in total. The van der Waals surface area contributed by atoms with Crippen LogP contribution in [0, 0.1) is 5.92 Å². The number of nitrogens with zero attached hydrogens (tertiary/aromatic N) is 1. The molecule has 0 spiro atoms. The zero-order valence-corrected chi connectivity index (χ0v) is 11.1. The van der Waals surface area contributed by atoms with Gasteiger partial charge in [-0.25, -0.2) is 0 Å². The average molecular weight is 244 g/mol. The standard InChI is InChI=1S/C12H24N2OS/c1-2-5-13-10-11-3-4-12(11)14-6-8-16(15)9-7-14/h11-13H,2-10H2,1H3. The molecule has 2 fully saturated rings. The predicted octanol–water partition coefficient (Wildman–Crippen LogP) is 0.829. The SMILES string of the molecule is CCCNCC1CCC1N1CCS(=O)CC1. The second kappa shape index (κ2) is 6.12. The number of hydrogen-bond donors (Lipinski definition) is 1. The summed E-state index contributed by atoms with van der Waals surface area (Å²) in [7, 11) is -0.531. The van der Waals surface area contributed by atoms with Crippen LogP contribution >= 0.6 is 0 Å². The van der Waals surface area contributed by atoms with Gasteiger partial charge in [-0.3, -0.25) is 9.11 Å². The van der Waals surface area contributed by atoms with Gasteiger partial charge in [0.25, 0.3) is 0 Å². The molecule has 2 aliphatic rings. The first kappa shape index (κ1) is 12.5. The number of rotatable bonds is 5. The molecule has 2 rings (SSSR count). The molecule has 94 valence electrons. The van der Waals surface area contributed by atoms with Crippen LogP contribution in [0.1, 0.15) is 26.2 Å². The zero-order valence-electron chi connectivity index (χ0n) is 10.3. The summed E-state index contributed by atoms with van der Waals surface area (Å²) in [6.07, 6.45) is 3.95. The molecule has 2 atom stereocenters. The van der Waals surface area contributed by atoms with Gasteiger partial charge in [-0.2, -0.15) is 0 Å². The Labute approximate surface area is 101 Å². The van der Waals surface area contributed by atoms with Gasteiger partial charge in [0.15, 0.2) is 0 Å². The van der Waals surface area contributed by atoms with Crippen molar-refractivity contribution in [2.75, 3.05) is 37.7 Å². The summed E-state index contributed by atoms with van der Waals surface area (Å²) in [4.78, 5) is 2.57. The van der Waals surface area contributed by atoms with E-state index >= 15 is 0 Å². The van der Waals surface area contributed by atoms with Crippen molar-refractivity contribution in [3.8, 4) is 0 Å². The summed E-state index contributed by atoms with van der Waals surface area (Å²) < 4.78 is 11.3. The summed E-state index contributed by atoms with van der Waals surface area (Å²) in [6, 6.07) is 0.779. The summed E-state index contributed by atoms with van der Waals surface area (Å²) >= 11 is 0. The molecular formula is C12H24N2OS. The molecule has 0 radical (unpaired) electrons. The van der Waals surface area contributed by atoms with Crippen LogP contribution in [0.4, 0.5) is 0 Å². The molecule has 1 heterocycles. The van der Waals surface area contributed by atoms with Gasteiger partial charge >= 0.3 is 0 Å². The minimum absolute atomic E-state index is 0.531. The van der Waals surface area contributed by atoms with Crippen LogP contribution in [-0.2, 0) is 10.8 Å². The third kappa shape index (κ3) is 3.05. The van der Waals surface area contributed by atoms with E-state index in [9.17, 15) is 4.21 Å². The maximum Gasteiger partial charge on any atom is 0.0363 e. The fourth-order valence-corrected chi connectivity index (χ4v) is 3.80. The molecule has 1 aliphatic carbocycles. The van der Waals surface area contributed by atoms with Crippen LogP contribution < -0.4 is 5.32 Å². The molecule has 0 aromatic rings. The lowest BCUT2D eigenvalue weighted by Gasteiger charge is -2.46. The Morgan fingerprint density at radius 1 is 1.31 bits per heavy atom. The number of hydrogen-bond acceptors (Lipinski definition) is 3. The van der Waals surface area contributed by atoms with Crippen LogP contribution in [0.3, 0.4) is 0 Å². The first-order valence-electron chi connectivity index (χ1n) is 6.61. The highest BCUT2D eigenvalue weighted by molar-refractivity contribution is 7.85. The molecule has 0 aromatic carbocycles. The van der Waals surface area contributed by atoms with Crippen molar-refractivity contribution in [1.29, 1.82) is 0 Å². The molecule has 3 nitrogen and oxygen atoms in total. The molecule has 2 unspecified atom stereocenters. The fourth-order valence-electron chi connectivity index (χ4n) is 2.72. The second-order valence-corrected chi connectivity index (χ2v) is 6.69. The Morgan fingerprint density at radius 3 is 2.62 bits per heavy atom. The molecule has 16 heavy (non-hydrogen) atoms. The Balaban J connectivity index is 1.71. The summed E-state index contributed by atoms with van der Waals surface area (Å²) in [5, 5.41) is 3.53. The van der Waals surface area contributed by atoms with Crippen molar-refractivity contribution in [3.05, 3.63) is 0 Å². The maximum atomic E-state index is 11.3. The molecule has 1 aliphatic heterocycles. The molecule has 0 aromatic heterocycles. The smallest absolute Gasteiger partial charge is 0.0363 e.